The molecule has 0 bridgehead atoms. The number of methoxy groups -OCH3 is 2. The molecule has 0 spiro atoms. The highest BCUT2D eigenvalue weighted by molar-refractivity contribution is 9.09. The first-order chi connectivity index (χ1) is 6.15. The van der Waals surface area contributed by atoms with Gasteiger partial charge in [0.2, 0.25) is 5.91 Å². The quantitative estimate of drug-likeness (QED) is 0.565. The molecule has 0 aromatic rings. The Labute approximate surface area is 87.1 Å². The summed E-state index contributed by atoms with van der Waals surface area (Å²) >= 11 is 3.19. The molecule has 0 heterocycles. The second-order valence-electron chi connectivity index (χ2n) is 2.63. The molecule has 0 fully saturated rings. The number of halogens is 1. The zero-order valence-electron chi connectivity index (χ0n) is 8.17. The van der Waals surface area contributed by atoms with Crippen LogP contribution in [0.5, 0.6) is 0 Å². The van der Waals surface area contributed by atoms with Crippen LogP contribution in [0.3, 0.4) is 0 Å². The van der Waals surface area contributed by atoms with Crippen molar-refractivity contribution in [3.8, 4) is 0 Å². The molecular weight excluding hydrogens is 238 g/mol. The van der Waals surface area contributed by atoms with Crippen LogP contribution in [0.1, 0.15) is 13.3 Å². The summed E-state index contributed by atoms with van der Waals surface area (Å²) in [6.45, 7) is 1.84. The van der Waals surface area contributed by atoms with Gasteiger partial charge in [0.1, 0.15) is 0 Å². The van der Waals surface area contributed by atoms with E-state index in [-0.39, 0.29) is 18.2 Å². The Kier molecular flexibility index (Phi) is 7.22. The molecule has 0 aromatic carbocycles. The Balaban J connectivity index is 3.82. The minimum atomic E-state index is -0.390. The minimum Gasteiger partial charge on any atom is -0.354 e. The summed E-state index contributed by atoms with van der Waals surface area (Å²) in [5.74, 6) is -0.0107. The number of hydrogen-bond donors (Lipinski definition) is 1. The Morgan fingerprint density at radius 1 is 1.46 bits per heavy atom. The largest absolute Gasteiger partial charge is 0.354 e. The summed E-state index contributed by atoms with van der Waals surface area (Å²) in [4.78, 5) is 11.1. The van der Waals surface area contributed by atoms with E-state index in [0.29, 0.717) is 11.8 Å². The van der Waals surface area contributed by atoms with Gasteiger partial charge in [0.05, 0.1) is 6.04 Å². The first kappa shape index (κ1) is 12.9. The molecule has 0 aliphatic heterocycles. The lowest BCUT2D eigenvalue weighted by molar-refractivity contribution is -0.135. The average Bonchev–Trinajstić information content (AvgIpc) is 2.06. The fraction of sp³-hybridized carbons (Fsp3) is 0.875. The number of carbonyl (C=O) groups is 1. The lowest BCUT2D eigenvalue weighted by Crippen LogP contribution is -2.42. The molecular formula is C8H16BrNO3. The van der Waals surface area contributed by atoms with Crippen LogP contribution in [-0.4, -0.2) is 37.8 Å². The number of carbonyl (C=O) groups excluding carboxylic acids is 1. The SMILES string of the molecule is COC(OC)C(C)NC(=O)CCBr. The average molecular weight is 254 g/mol. The van der Waals surface area contributed by atoms with Crippen molar-refractivity contribution in [3.63, 3.8) is 0 Å². The number of amides is 1. The van der Waals surface area contributed by atoms with Crippen molar-refractivity contribution in [3.05, 3.63) is 0 Å². The number of ether oxygens (including phenoxy) is 2. The van der Waals surface area contributed by atoms with Gasteiger partial charge in [0.15, 0.2) is 6.29 Å². The molecule has 0 aliphatic carbocycles. The maximum atomic E-state index is 11.1. The maximum Gasteiger partial charge on any atom is 0.221 e. The van der Waals surface area contributed by atoms with E-state index in [1.165, 1.54) is 0 Å². The molecule has 13 heavy (non-hydrogen) atoms. The lowest BCUT2D eigenvalue weighted by Gasteiger charge is -2.21. The summed E-state index contributed by atoms with van der Waals surface area (Å²) < 4.78 is 9.98. The van der Waals surface area contributed by atoms with Gasteiger partial charge in [-0.3, -0.25) is 4.79 Å². The molecule has 1 atom stereocenters. The number of rotatable bonds is 6. The van der Waals surface area contributed by atoms with E-state index < -0.39 is 0 Å². The fourth-order valence-electron chi connectivity index (χ4n) is 0.984. The first-order valence-corrected chi connectivity index (χ1v) is 5.18. The molecule has 0 rings (SSSR count). The van der Waals surface area contributed by atoms with Crippen LogP contribution in [-0.2, 0) is 14.3 Å². The van der Waals surface area contributed by atoms with E-state index in [1.54, 1.807) is 14.2 Å². The highest BCUT2D eigenvalue weighted by Gasteiger charge is 2.17. The van der Waals surface area contributed by atoms with Gasteiger partial charge in [0, 0.05) is 26.0 Å². The summed E-state index contributed by atoms with van der Waals surface area (Å²) in [7, 11) is 3.09. The molecule has 0 aromatic heterocycles. The van der Waals surface area contributed by atoms with E-state index in [2.05, 4.69) is 21.2 Å². The van der Waals surface area contributed by atoms with Gasteiger partial charge in [-0.05, 0) is 6.92 Å². The molecule has 1 amide bonds. The Bertz CT molecular complexity index is 150. The van der Waals surface area contributed by atoms with Crippen LogP contribution in [0, 0.1) is 0 Å². The second-order valence-corrected chi connectivity index (χ2v) is 3.43. The summed E-state index contributed by atoms with van der Waals surface area (Å²) in [6, 6.07) is -0.137. The van der Waals surface area contributed by atoms with Gasteiger partial charge in [-0.2, -0.15) is 0 Å². The number of nitrogens with one attached hydrogen (secondary N) is 1. The monoisotopic (exact) mass is 253 g/mol. The van der Waals surface area contributed by atoms with Crippen LogP contribution in [0.25, 0.3) is 0 Å². The van der Waals surface area contributed by atoms with Gasteiger partial charge < -0.3 is 14.8 Å². The predicted molar refractivity (Wildman–Crippen MR) is 53.8 cm³/mol. The molecule has 0 saturated heterocycles. The molecule has 4 nitrogen and oxygen atoms in total. The van der Waals surface area contributed by atoms with E-state index in [4.69, 9.17) is 9.47 Å². The highest BCUT2D eigenvalue weighted by Crippen LogP contribution is 1.99. The Hall–Kier alpha value is -0.130. The maximum absolute atomic E-state index is 11.1. The van der Waals surface area contributed by atoms with E-state index in [0.717, 1.165) is 0 Å². The van der Waals surface area contributed by atoms with Crippen molar-refractivity contribution < 1.29 is 14.3 Å². The first-order valence-electron chi connectivity index (χ1n) is 4.06. The van der Waals surface area contributed by atoms with Gasteiger partial charge in [-0.15, -0.1) is 0 Å². The fourth-order valence-corrected chi connectivity index (χ4v) is 1.34. The molecule has 0 saturated carbocycles. The standard InChI is InChI=1S/C8H16BrNO3/c1-6(8(12-2)13-3)10-7(11)4-5-9/h6,8H,4-5H2,1-3H3,(H,10,11). The molecule has 1 N–H and O–H groups in total. The third-order valence-electron chi connectivity index (χ3n) is 1.58. The smallest absolute Gasteiger partial charge is 0.221 e. The van der Waals surface area contributed by atoms with Crippen molar-refractivity contribution in [2.24, 2.45) is 0 Å². The van der Waals surface area contributed by atoms with Gasteiger partial charge in [0.25, 0.3) is 0 Å². The number of hydrogen-bond acceptors (Lipinski definition) is 3. The van der Waals surface area contributed by atoms with Crippen molar-refractivity contribution in [2.45, 2.75) is 25.7 Å². The van der Waals surface area contributed by atoms with Crippen LogP contribution in [0.2, 0.25) is 0 Å². The molecule has 0 aliphatic rings. The van der Waals surface area contributed by atoms with E-state index in [9.17, 15) is 4.79 Å². The van der Waals surface area contributed by atoms with Crippen molar-refractivity contribution in [1.29, 1.82) is 0 Å². The Morgan fingerprint density at radius 3 is 2.38 bits per heavy atom. The zero-order chi connectivity index (χ0) is 10.3. The molecule has 78 valence electrons. The normalized spacial score (nSPS) is 13.0. The topological polar surface area (TPSA) is 47.6 Å². The van der Waals surface area contributed by atoms with Crippen LogP contribution >= 0.6 is 15.9 Å². The Morgan fingerprint density at radius 2 is 2.00 bits per heavy atom. The predicted octanol–water partition coefficient (Wildman–Crippen LogP) is 0.895. The molecule has 0 radical (unpaired) electrons. The van der Waals surface area contributed by atoms with Crippen LogP contribution in [0.4, 0.5) is 0 Å². The molecule has 1 unspecified atom stereocenters. The zero-order valence-corrected chi connectivity index (χ0v) is 9.76. The third kappa shape index (κ3) is 5.23. The number of alkyl halides is 1. The van der Waals surface area contributed by atoms with Crippen molar-refractivity contribution in [2.75, 3.05) is 19.5 Å². The van der Waals surface area contributed by atoms with Crippen LogP contribution < -0.4 is 5.32 Å². The third-order valence-corrected chi connectivity index (χ3v) is 1.98. The van der Waals surface area contributed by atoms with Crippen LogP contribution in [0.15, 0.2) is 0 Å². The lowest BCUT2D eigenvalue weighted by atomic mass is 10.3. The second kappa shape index (κ2) is 7.29. The van der Waals surface area contributed by atoms with Crippen molar-refractivity contribution >= 4 is 21.8 Å². The summed E-state index contributed by atoms with van der Waals surface area (Å²) in [6.07, 6.45) is 0.0732. The van der Waals surface area contributed by atoms with Crippen molar-refractivity contribution in [1.82, 2.24) is 5.32 Å². The van der Waals surface area contributed by atoms with E-state index >= 15 is 0 Å². The highest BCUT2D eigenvalue weighted by atomic mass is 79.9. The minimum absolute atomic E-state index is 0.0107. The van der Waals surface area contributed by atoms with Gasteiger partial charge >= 0.3 is 0 Å². The summed E-state index contributed by atoms with van der Waals surface area (Å²) in [5.41, 5.74) is 0. The summed E-state index contributed by atoms with van der Waals surface area (Å²) in [5, 5.41) is 3.43. The van der Waals surface area contributed by atoms with Gasteiger partial charge in [-0.1, -0.05) is 15.9 Å². The molecule has 5 heteroatoms. The van der Waals surface area contributed by atoms with E-state index in [1.807, 2.05) is 6.92 Å². The van der Waals surface area contributed by atoms with Gasteiger partial charge in [-0.25, -0.2) is 0 Å².